The monoisotopic (exact) mass is 579 g/mol. The normalized spacial score (nSPS) is 20.1. The lowest BCUT2D eigenvalue weighted by molar-refractivity contribution is -0.271. The zero-order valence-electron chi connectivity index (χ0n) is 23.9. The van der Waals surface area contributed by atoms with Crippen LogP contribution < -0.4 is 10.2 Å². The summed E-state index contributed by atoms with van der Waals surface area (Å²) in [4.78, 5) is 29.9. The number of carbonyl (C=O) groups is 2. The minimum absolute atomic E-state index is 0.0641. The fourth-order valence-electron chi connectivity index (χ4n) is 6.76. The summed E-state index contributed by atoms with van der Waals surface area (Å²) in [5.74, 6) is -1.27. The van der Waals surface area contributed by atoms with Gasteiger partial charge in [0.15, 0.2) is 0 Å². The maximum atomic E-state index is 14.6. The minimum Gasteiger partial charge on any atom is -0.370 e. The molecule has 9 heteroatoms. The van der Waals surface area contributed by atoms with Gasteiger partial charge in [0.1, 0.15) is 0 Å². The molecule has 2 atom stereocenters. The number of hydrogen-bond acceptors (Lipinski definition) is 4. The molecular weight excluding hydrogens is 543 g/mol. The first-order chi connectivity index (χ1) is 20.1. The van der Waals surface area contributed by atoms with E-state index in [-0.39, 0.29) is 36.9 Å². The van der Waals surface area contributed by atoms with Gasteiger partial charge in [-0.3, -0.25) is 9.59 Å². The number of ether oxygens (including phenoxy) is 1. The van der Waals surface area contributed by atoms with E-state index in [9.17, 15) is 22.8 Å². The lowest BCUT2D eigenvalue weighted by atomic mass is 9.62. The predicted molar refractivity (Wildman–Crippen MR) is 155 cm³/mol. The number of carbonyl (C=O) groups excluding carboxylic acids is 2. The van der Waals surface area contributed by atoms with Crippen LogP contribution in [0.15, 0.2) is 84.9 Å². The largest absolute Gasteiger partial charge is 0.430 e. The summed E-state index contributed by atoms with van der Waals surface area (Å²) in [7, 11) is 2.96. The molecule has 42 heavy (non-hydrogen) atoms. The van der Waals surface area contributed by atoms with Gasteiger partial charge >= 0.3 is 6.18 Å². The molecule has 0 bridgehead atoms. The smallest absolute Gasteiger partial charge is 0.370 e. The van der Waals surface area contributed by atoms with E-state index in [2.05, 4.69) is 34.5 Å². The molecule has 2 amide bonds. The summed E-state index contributed by atoms with van der Waals surface area (Å²) in [5, 5.41) is 3.02. The third kappa shape index (κ3) is 5.38. The average molecular weight is 580 g/mol. The number of para-hydroxylation sites is 1. The SMILES string of the molecule is CO[C@@](C(=O)N1CCC2(CC1)CC(=O)NCC2c1ccccc1N(C)Cc1ccccc1)(c1ccccc1)C(F)(F)F. The van der Waals surface area contributed by atoms with Gasteiger partial charge in [-0.2, -0.15) is 13.2 Å². The maximum Gasteiger partial charge on any atom is 0.430 e. The van der Waals surface area contributed by atoms with Gasteiger partial charge in [-0.25, -0.2) is 0 Å². The highest BCUT2D eigenvalue weighted by atomic mass is 19.4. The highest BCUT2D eigenvalue weighted by Gasteiger charge is 2.64. The molecule has 3 aromatic rings. The van der Waals surface area contributed by atoms with Crippen LogP contribution in [0.25, 0.3) is 0 Å². The number of nitrogens with one attached hydrogen (secondary N) is 1. The van der Waals surface area contributed by atoms with Crippen molar-refractivity contribution in [3.8, 4) is 0 Å². The Balaban J connectivity index is 1.42. The van der Waals surface area contributed by atoms with E-state index >= 15 is 0 Å². The van der Waals surface area contributed by atoms with Crippen LogP contribution >= 0.6 is 0 Å². The van der Waals surface area contributed by atoms with Gasteiger partial charge in [-0.15, -0.1) is 0 Å². The lowest BCUT2D eigenvalue weighted by Crippen LogP contribution is -2.60. The third-order valence-electron chi connectivity index (χ3n) is 8.97. The molecule has 2 aliphatic rings. The number of amides is 2. The number of rotatable bonds is 7. The quantitative estimate of drug-likeness (QED) is 0.394. The minimum atomic E-state index is -4.97. The molecule has 2 aliphatic heterocycles. The summed E-state index contributed by atoms with van der Waals surface area (Å²) in [6.07, 6.45) is -3.91. The average Bonchev–Trinajstić information content (AvgIpc) is 2.98. The van der Waals surface area contributed by atoms with Gasteiger partial charge in [-0.05, 0) is 35.4 Å². The number of anilines is 1. The number of nitrogens with zero attached hydrogens (tertiary/aromatic N) is 2. The van der Waals surface area contributed by atoms with Crippen molar-refractivity contribution in [3.63, 3.8) is 0 Å². The Labute approximate surface area is 244 Å². The molecular formula is C33H36F3N3O3. The van der Waals surface area contributed by atoms with Gasteiger partial charge < -0.3 is 19.9 Å². The molecule has 1 unspecified atom stereocenters. The lowest BCUT2D eigenvalue weighted by Gasteiger charge is -2.50. The highest BCUT2D eigenvalue weighted by Crippen LogP contribution is 2.52. The van der Waals surface area contributed by atoms with Crippen LogP contribution in [0.2, 0.25) is 0 Å². The Morgan fingerprint density at radius 3 is 2.19 bits per heavy atom. The van der Waals surface area contributed by atoms with Crippen molar-refractivity contribution in [1.82, 2.24) is 10.2 Å². The van der Waals surface area contributed by atoms with Crippen molar-refractivity contribution in [1.29, 1.82) is 0 Å². The molecule has 2 saturated heterocycles. The molecule has 1 N–H and O–H groups in total. The van der Waals surface area contributed by atoms with Crippen LogP contribution in [0, 0.1) is 5.41 Å². The summed E-state index contributed by atoms with van der Waals surface area (Å²) < 4.78 is 48.8. The topological polar surface area (TPSA) is 61.9 Å². The van der Waals surface area contributed by atoms with Gasteiger partial charge in [0.2, 0.25) is 5.91 Å². The van der Waals surface area contributed by atoms with E-state index in [1.807, 2.05) is 37.4 Å². The Bertz CT molecular complexity index is 1390. The van der Waals surface area contributed by atoms with E-state index in [0.717, 1.165) is 23.9 Å². The van der Waals surface area contributed by atoms with Crippen LogP contribution in [0.4, 0.5) is 18.9 Å². The molecule has 222 valence electrons. The van der Waals surface area contributed by atoms with E-state index in [0.29, 0.717) is 25.9 Å². The molecule has 3 aromatic carbocycles. The summed E-state index contributed by atoms with van der Waals surface area (Å²) >= 11 is 0. The number of benzene rings is 3. The van der Waals surface area contributed by atoms with Crippen molar-refractivity contribution < 1.29 is 27.5 Å². The van der Waals surface area contributed by atoms with Crippen LogP contribution in [-0.2, 0) is 26.5 Å². The molecule has 0 aromatic heterocycles. The van der Waals surface area contributed by atoms with Gasteiger partial charge in [0.25, 0.3) is 11.5 Å². The van der Waals surface area contributed by atoms with Gasteiger partial charge in [0, 0.05) is 63.9 Å². The van der Waals surface area contributed by atoms with E-state index in [4.69, 9.17) is 4.74 Å². The third-order valence-corrected chi connectivity index (χ3v) is 8.97. The molecule has 0 aliphatic carbocycles. The molecule has 2 fully saturated rings. The zero-order valence-corrected chi connectivity index (χ0v) is 23.9. The summed E-state index contributed by atoms with van der Waals surface area (Å²) in [6.45, 7) is 1.32. The summed E-state index contributed by atoms with van der Waals surface area (Å²) in [5.41, 5.74) is -0.562. The van der Waals surface area contributed by atoms with Gasteiger partial charge in [-0.1, -0.05) is 78.9 Å². The van der Waals surface area contributed by atoms with Crippen LogP contribution in [-0.4, -0.2) is 56.7 Å². The standard InChI is InChI=1S/C33H36F3N3O3/c1-38(23-24-11-5-3-6-12-24)28-16-10-9-15-26(28)27-22-37-29(40)21-31(27)17-19-39(20-18-31)30(41)32(42-2,33(34,35)36)25-13-7-4-8-14-25/h3-16,27H,17-23H2,1-2H3,(H,37,40)/t27?,32-/m1/s1. The molecule has 5 rings (SSSR count). The van der Waals surface area contributed by atoms with Crippen LogP contribution in [0.3, 0.4) is 0 Å². The second kappa shape index (κ2) is 11.8. The molecule has 0 radical (unpaired) electrons. The van der Waals surface area contributed by atoms with Crippen LogP contribution in [0.1, 0.15) is 41.9 Å². The van der Waals surface area contributed by atoms with E-state index in [1.54, 1.807) is 6.07 Å². The van der Waals surface area contributed by atoms with Crippen molar-refractivity contribution in [2.45, 2.75) is 43.5 Å². The highest BCUT2D eigenvalue weighted by molar-refractivity contribution is 5.88. The molecule has 0 saturated carbocycles. The zero-order chi connectivity index (χ0) is 30.0. The predicted octanol–water partition coefficient (Wildman–Crippen LogP) is 5.64. The Hall–Kier alpha value is -3.85. The molecule has 1 spiro atoms. The summed E-state index contributed by atoms with van der Waals surface area (Å²) in [6, 6.07) is 25.3. The second-order valence-corrected chi connectivity index (χ2v) is 11.3. The van der Waals surface area contributed by atoms with Crippen molar-refractivity contribution in [2.75, 3.05) is 38.7 Å². The molecule has 6 nitrogen and oxygen atoms in total. The van der Waals surface area contributed by atoms with Gasteiger partial charge in [0.05, 0.1) is 0 Å². The Kier molecular flexibility index (Phi) is 8.32. The number of halogens is 3. The number of alkyl halides is 3. The first-order valence-electron chi connectivity index (χ1n) is 14.2. The Morgan fingerprint density at radius 1 is 0.976 bits per heavy atom. The first kappa shape index (κ1) is 29.6. The maximum absolute atomic E-state index is 14.6. The number of likely N-dealkylation sites (tertiary alicyclic amines) is 1. The van der Waals surface area contributed by atoms with Crippen molar-refractivity contribution >= 4 is 17.5 Å². The van der Waals surface area contributed by atoms with Crippen molar-refractivity contribution in [2.24, 2.45) is 5.41 Å². The molecule has 2 heterocycles. The van der Waals surface area contributed by atoms with E-state index in [1.165, 1.54) is 29.2 Å². The fraction of sp³-hybridized carbons (Fsp3) is 0.394. The second-order valence-electron chi connectivity index (χ2n) is 11.3. The fourth-order valence-corrected chi connectivity index (χ4v) is 6.76. The number of hydrogen-bond donors (Lipinski definition) is 1. The Morgan fingerprint density at radius 2 is 1.57 bits per heavy atom. The number of piperidine rings is 2. The number of methoxy groups -OCH3 is 1. The first-order valence-corrected chi connectivity index (χ1v) is 14.2. The van der Waals surface area contributed by atoms with Crippen LogP contribution in [0.5, 0.6) is 0 Å². The van der Waals surface area contributed by atoms with Crippen molar-refractivity contribution in [3.05, 3.63) is 102 Å². The van der Waals surface area contributed by atoms with E-state index < -0.39 is 23.1 Å².